The summed E-state index contributed by atoms with van der Waals surface area (Å²) < 4.78 is 0. The Morgan fingerprint density at radius 1 is 1.11 bits per heavy atom. The largest absolute Gasteiger partial charge is 0.341 e. The van der Waals surface area contributed by atoms with E-state index in [1.165, 1.54) is 0 Å². The van der Waals surface area contributed by atoms with E-state index in [4.69, 9.17) is 0 Å². The SMILES string of the molecule is Cc1cccc(C(=O)N[C@@H](C)C(=O)Nc2cccc(N3CCCC3=O)c2)c1. The minimum Gasteiger partial charge on any atom is -0.341 e. The summed E-state index contributed by atoms with van der Waals surface area (Å²) in [7, 11) is 0. The first-order valence-corrected chi connectivity index (χ1v) is 9.03. The zero-order valence-electron chi connectivity index (χ0n) is 15.5. The van der Waals surface area contributed by atoms with E-state index >= 15 is 0 Å². The monoisotopic (exact) mass is 365 g/mol. The van der Waals surface area contributed by atoms with Gasteiger partial charge < -0.3 is 15.5 Å². The minimum atomic E-state index is -0.699. The first kappa shape index (κ1) is 18.6. The van der Waals surface area contributed by atoms with Crippen LogP contribution in [0, 0.1) is 6.92 Å². The molecule has 3 rings (SSSR count). The summed E-state index contributed by atoms with van der Waals surface area (Å²) in [5, 5.41) is 5.50. The Kier molecular flexibility index (Phi) is 5.54. The van der Waals surface area contributed by atoms with Gasteiger partial charge in [-0.15, -0.1) is 0 Å². The fourth-order valence-corrected chi connectivity index (χ4v) is 3.06. The third-order valence-electron chi connectivity index (χ3n) is 4.52. The Hall–Kier alpha value is -3.15. The highest BCUT2D eigenvalue weighted by atomic mass is 16.2. The first-order valence-electron chi connectivity index (χ1n) is 9.03. The third-order valence-corrected chi connectivity index (χ3v) is 4.52. The van der Waals surface area contributed by atoms with E-state index in [1.807, 2.05) is 19.1 Å². The molecule has 2 aromatic rings. The zero-order valence-corrected chi connectivity index (χ0v) is 15.5. The summed E-state index contributed by atoms with van der Waals surface area (Å²) in [5.74, 6) is -0.518. The lowest BCUT2D eigenvalue weighted by atomic mass is 10.1. The molecule has 1 aliphatic rings. The first-order chi connectivity index (χ1) is 12.9. The molecule has 1 aliphatic heterocycles. The van der Waals surface area contributed by atoms with Crippen LogP contribution in [-0.2, 0) is 9.59 Å². The Morgan fingerprint density at radius 2 is 1.89 bits per heavy atom. The molecule has 1 heterocycles. The van der Waals surface area contributed by atoms with Crippen molar-refractivity contribution in [2.75, 3.05) is 16.8 Å². The molecule has 0 aromatic heterocycles. The number of nitrogens with zero attached hydrogens (tertiary/aromatic N) is 1. The van der Waals surface area contributed by atoms with Crippen molar-refractivity contribution >= 4 is 29.1 Å². The summed E-state index contributed by atoms with van der Waals surface area (Å²) in [6.07, 6.45) is 1.40. The van der Waals surface area contributed by atoms with E-state index in [-0.39, 0.29) is 17.7 Å². The van der Waals surface area contributed by atoms with Crippen LogP contribution in [0.15, 0.2) is 48.5 Å². The topological polar surface area (TPSA) is 78.5 Å². The van der Waals surface area contributed by atoms with Crippen LogP contribution in [0.2, 0.25) is 0 Å². The minimum absolute atomic E-state index is 0.0947. The Morgan fingerprint density at radius 3 is 2.59 bits per heavy atom. The molecule has 6 heteroatoms. The van der Waals surface area contributed by atoms with Crippen LogP contribution in [-0.4, -0.2) is 30.3 Å². The molecule has 1 fully saturated rings. The highest BCUT2D eigenvalue weighted by molar-refractivity contribution is 6.01. The lowest BCUT2D eigenvalue weighted by Crippen LogP contribution is -2.41. The van der Waals surface area contributed by atoms with E-state index in [9.17, 15) is 14.4 Å². The molecule has 0 aliphatic carbocycles. The van der Waals surface area contributed by atoms with Crippen LogP contribution in [0.1, 0.15) is 35.7 Å². The van der Waals surface area contributed by atoms with Gasteiger partial charge in [0.05, 0.1) is 0 Å². The quantitative estimate of drug-likeness (QED) is 0.855. The van der Waals surface area contributed by atoms with Crippen molar-refractivity contribution in [3.05, 3.63) is 59.7 Å². The summed E-state index contributed by atoms with van der Waals surface area (Å²) in [6, 6.07) is 13.7. The number of hydrogen-bond acceptors (Lipinski definition) is 3. The van der Waals surface area contributed by atoms with E-state index < -0.39 is 6.04 Å². The molecular formula is C21H23N3O3. The number of rotatable bonds is 5. The number of carbonyl (C=O) groups excluding carboxylic acids is 3. The van der Waals surface area contributed by atoms with E-state index in [2.05, 4.69) is 10.6 Å². The molecule has 0 saturated carbocycles. The van der Waals surface area contributed by atoms with Crippen molar-refractivity contribution in [1.82, 2.24) is 5.32 Å². The molecule has 6 nitrogen and oxygen atoms in total. The van der Waals surface area contributed by atoms with Crippen molar-refractivity contribution in [3.8, 4) is 0 Å². The number of amides is 3. The lowest BCUT2D eigenvalue weighted by Gasteiger charge is -2.18. The smallest absolute Gasteiger partial charge is 0.251 e. The number of nitrogens with one attached hydrogen (secondary N) is 2. The highest BCUT2D eigenvalue weighted by Crippen LogP contribution is 2.24. The summed E-state index contributed by atoms with van der Waals surface area (Å²) in [4.78, 5) is 38.3. The van der Waals surface area contributed by atoms with Gasteiger partial charge in [-0.2, -0.15) is 0 Å². The second-order valence-electron chi connectivity index (χ2n) is 6.75. The second-order valence-corrected chi connectivity index (χ2v) is 6.75. The normalized spacial score (nSPS) is 14.7. The lowest BCUT2D eigenvalue weighted by molar-refractivity contribution is -0.118. The summed E-state index contributed by atoms with van der Waals surface area (Å²) in [6.45, 7) is 4.24. The molecular weight excluding hydrogens is 342 g/mol. The van der Waals surface area contributed by atoms with Gasteiger partial charge in [0.25, 0.3) is 5.91 Å². The van der Waals surface area contributed by atoms with Gasteiger partial charge in [0.15, 0.2) is 0 Å². The van der Waals surface area contributed by atoms with Gasteiger partial charge in [-0.05, 0) is 50.6 Å². The van der Waals surface area contributed by atoms with Crippen molar-refractivity contribution < 1.29 is 14.4 Å². The number of hydrogen-bond donors (Lipinski definition) is 2. The summed E-state index contributed by atoms with van der Waals surface area (Å²) >= 11 is 0. The maximum absolute atomic E-state index is 12.4. The van der Waals surface area contributed by atoms with Gasteiger partial charge in [-0.3, -0.25) is 14.4 Å². The number of aryl methyl sites for hydroxylation is 1. The average Bonchev–Trinajstić information content (AvgIpc) is 3.08. The molecule has 0 bridgehead atoms. The maximum atomic E-state index is 12.4. The molecule has 3 amide bonds. The average molecular weight is 365 g/mol. The van der Waals surface area contributed by atoms with Gasteiger partial charge in [0.2, 0.25) is 11.8 Å². The number of benzene rings is 2. The Balaban J connectivity index is 1.63. The van der Waals surface area contributed by atoms with Gasteiger partial charge in [-0.1, -0.05) is 23.8 Å². The zero-order chi connectivity index (χ0) is 19.4. The molecule has 2 N–H and O–H groups in total. The number of carbonyl (C=O) groups is 3. The molecule has 1 saturated heterocycles. The van der Waals surface area contributed by atoms with Crippen LogP contribution < -0.4 is 15.5 Å². The van der Waals surface area contributed by atoms with Gasteiger partial charge in [0, 0.05) is 29.9 Å². The van der Waals surface area contributed by atoms with Crippen LogP contribution in [0.3, 0.4) is 0 Å². The van der Waals surface area contributed by atoms with Crippen LogP contribution in [0.5, 0.6) is 0 Å². The maximum Gasteiger partial charge on any atom is 0.251 e. The predicted molar refractivity (Wildman–Crippen MR) is 105 cm³/mol. The van der Waals surface area contributed by atoms with Crippen molar-refractivity contribution in [2.45, 2.75) is 32.7 Å². The van der Waals surface area contributed by atoms with Crippen molar-refractivity contribution in [2.24, 2.45) is 0 Å². The second kappa shape index (κ2) is 8.03. The van der Waals surface area contributed by atoms with Gasteiger partial charge >= 0.3 is 0 Å². The van der Waals surface area contributed by atoms with Crippen LogP contribution in [0.25, 0.3) is 0 Å². The van der Waals surface area contributed by atoms with Crippen LogP contribution >= 0.6 is 0 Å². The Labute approximate surface area is 158 Å². The van der Waals surface area contributed by atoms with E-state index in [1.54, 1.807) is 48.2 Å². The summed E-state index contributed by atoms with van der Waals surface area (Å²) in [5.41, 5.74) is 2.86. The molecule has 27 heavy (non-hydrogen) atoms. The molecule has 1 atom stereocenters. The molecule has 0 unspecified atom stereocenters. The fourth-order valence-electron chi connectivity index (χ4n) is 3.06. The van der Waals surface area contributed by atoms with Crippen LogP contribution in [0.4, 0.5) is 11.4 Å². The van der Waals surface area contributed by atoms with E-state index in [0.717, 1.165) is 17.7 Å². The predicted octanol–water partition coefficient (Wildman–Crippen LogP) is 2.88. The molecule has 0 spiro atoms. The Bertz CT molecular complexity index is 878. The molecule has 2 aromatic carbocycles. The fraction of sp³-hybridized carbons (Fsp3) is 0.286. The highest BCUT2D eigenvalue weighted by Gasteiger charge is 2.22. The van der Waals surface area contributed by atoms with Crippen molar-refractivity contribution in [1.29, 1.82) is 0 Å². The van der Waals surface area contributed by atoms with E-state index in [0.29, 0.717) is 24.2 Å². The molecule has 140 valence electrons. The van der Waals surface area contributed by atoms with Crippen molar-refractivity contribution in [3.63, 3.8) is 0 Å². The van der Waals surface area contributed by atoms with Gasteiger partial charge in [-0.25, -0.2) is 0 Å². The third kappa shape index (κ3) is 4.53. The van der Waals surface area contributed by atoms with Gasteiger partial charge in [0.1, 0.15) is 6.04 Å². The number of anilines is 2. The molecule has 0 radical (unpaired) electrons. The standard InChI is InChI=1S/C21H23N3O3/c1-14-6-3-7-16(12-14)21(27)22-15(2)20(26)23-17-8-4-9-18(13-17)24-11-5-10-19(24)25/h3-4,6-9,12-13,15H,5,10-11H2,1-2H3,(H,22,27)(H,23,26)/t15-/m0/s1.